The number of hydrogen-bond acceptors (Lipinski definition) is 3. The fourth-order valence-corrected chi connectivity index (χ4v) is 2.63. The van der Waals surface area contributed by atoms with Crippen LogP contribution >= 0.6 is 23.2 Å². The van der Waals surface area contributed by atoms with Crippen LogP contribution in [0.2, 0.25) is 10.0 Å². The molecule has 0 radical (unpaired) electrons. The molecule has 0 amide bonds. The van der Waals surface area contributed by atoms with Crippen molar-refractivity contribution in [3.63, 3.8) is 0 Å². The van der Waals surface area contributed by atoms with Crippen LogP contribution in [0, 0.1) is 23.3 Å². The van der Waals surface area contributed by atoms with Crippen LogP contribution in [0.1, 0.15) is 22.8 Å². The summed E-state index contributed by atoms with van der Waals surface area (Å²) in [5, 5.41) is -1.61. The molecule has 27 heavy (non-hydrogen) atoms. The molecule has 2 rings (SSSR count). The van der Waals surface area contributed by atoms with Crippen molar-refractivity contribution in [2.24, 2.45) is 0 Å². The van der Waals surface area contributed by atoms with Gasteiger partial charge < -0.3 is 4.74 Å². The highest BCUT2D eigenvalue weighted by molar-refractivity contribution is 6.39. The predicted molar refractivity (Wildman–Crippen MR) is 91.7 cm³/mol. The van der Waals surface area contributed by atoms with Crippen molar-refractivity contribution in [2.75, 3.05) is 6.61 Å². The first kappa shape index (κ1) is 20.9. The number of rotatable bonds is 5. The zero-order valence-corrected chi connectivity index (χ0v) is 15.1. The average molecular weight is 421 g/mol. The third-order valence-corrected chi connectivity index (χ3v) is 3.97. The van der Waals surface area contributed by atoms with Crippen molar-refractivity contribution < 1.29 is 31.9 Å². The maximum Gasteiger partial charge on any atom is 0.342 e. The van der Waals surface area contributed by atoms with Gasteiger partial charge in [-0.3, -0.25) is 4.79 Å². The van der Waals surface area contributed by atoms with E-state index < -0.39 is 56.2 Å². The molecule has 0 saturated heterocycles. The molecule has 2 aromatic rings. The number of carbonyl (C=O) groups is 2. The lowest BCUT2D eigenvalue weighted by Crippen LogP contribution is -2.18. The number of esters is 1. The standard InChI is InChI=1S/C18H10Cl2F4O3/c1-2-27-18(26)10(5-8-3-4-9(21)6-12(8)22)17(25)14-13(23)7-11(19)16(24)15(14)20/h3-7H,2H2,1H3/b10-5-. The lowest BCUT2D eigenvalue weighted by atomic mass is 10.00. The van der Waals surface area contributed by atoms with E-state index in [0.29, 0.717) is 12.1 Å². The smallest absolute Gasteiger partial charge is 0.342 e. The molecule has 2 aromatic carbocycles. The number of ether oxygens (including phenoxy) is 1. The summed E-state index contributed by atoms with van der Waals surface area (Å²) >= 11 is 11.1. The van der Waals surface area contributed by atoms with E-state index in [-0.39, 0.29) is 12.2 Å². The summed E-state index contributed by atoms with van der Waals surface area (Å²) in [6.07, 6.45) is 0.734. The highest BCUT2D eigenvalue weighted by Gasteiger charge is 2.29. The fraction of sp³-hybridized carbons (Fsp3) is 0.111. The largest absolute Gasteiger partial charge is 0.462 e. The zero-order chi connectivity index (χ0) is 20.3. The predicted octanol–water partition coefficient (Wildman–Crippen LogP) is 5.38. The Hall–Kier alpha value is -2.38. The number of benzene rings is 2. The minimum atomic E-state index is -1.35. The zero-order valence-electron chi connectivity index (χ0n) is 13.6. The van der Waals surface area contributed by atoms with Gasteiger partial charge in [-0.15, -0.1) is 0 Å². The molecule has 0 spiro atoms. The third-order valence-electron chi connectivity index (χ3n) is 3.34. The van der Waals surface area contributed by atoms with Crippen molar-refractivity contribution in [3.8, 4) is 0 Å². The van der Waals surface area contributed by atoms with E-state index >= 15 is 0 Å². The average Bonchev–Trinajstić information content (AvgIpc) is 2.59. The second-order valence-corrected chi connectivity index (χ2v) is 5.90. The molecule has 0 saturated carbocycles. The Labute approximate surface area is 161 Å². The number of Topliss-reactive ketones (excluding diaryl/α,β-unsaturated/α-hetero) is 1. The molecule has 9 heteroatoms. The normalized spacial score (nSPS) is 11.4. The topological polar surface area (TPSA) is 43.4 Å². The molecule has 0 aliphatic heterocycles. The van der Waals surface area contributed by atoms with Gasteiger partial charge >= 0.3 is 5.97 Å². The van der Waals surface area contributed by atoms with Gasteiger partial charge in [-0.25, -0.2) is 22.4 Å². The van der Waals surface area contributed by atoms with Crippen LogP contribution in [0.15, 0.2) is 29.8 Å². The molecule has 0 unspecified atom stereocenters. The number of ketones is 1. The second kappa shape index (κ2) is 8.54. The Morgan fingerprint density at radius 3 is 2.33 bits per heavy atom. The van der Waals surface area contributed by atoms with Crippen molar-refractivity contribution in [1.29, 1.82) is 0 Å². The maximum atomic E-state index is 14.2. The molecule has 0 aliphatic rings. The van der Waals surface area contributed by atoms with E-state index in [9.17, 15) is 27.2 Å². The summed E-state index contributed by atoms with van der Waals surface area (Å²) in [5.74, 6) is -7.10. The molecule has 0 N–H and O–H groups in total. The van der Waals surface area contributed by atoms with Crippen molar-refractivity contribution >= 4 is 41.0 Å². The second-order valence-electron chi connectivity index (χ2n) is 5.12. The highest BCUT2D eigenvalue weighted by atomic mass is 35.5. The molecule has 0 aromatic heterocycles. The van der Waals surface area contributed by atoms with Gasteiger partial charge in [0.1, 0.15) is 23.0 Å². The first-order chi connectivity index (χ1) is 12.7. The fourth-order valence-electron chi connectivity index (χ4n) is 2.11. The van der Waals surface area contributed by atoms with Gasteiger partial charge in [0, 0.05) is 11.6 Å². The minimum Gasteiger partial charge on any atom is -0.462 e. The van der Waals surface area contributed by atoms with Crippen molar-refractivity contribution in [2.45, 2.75) is 6.92 Å². The van der Waals surface area contributed by atoms with Gasteiger partial charge in [-0.1, -0.05) is 23.2 Å². The SMILES string of the molecule is CCOC(=O)/C(=C\c1ccc(F)cc1F)C(=O)c1c(F)cc(Cl)c(F)c1Cl. The van der Waals surface area contributed by atoms with Gasteiger partial charge in [0.2, 0.25) is 5.78 Å². The highest BCUT2D eigenvalue weighted by Crippen LogP contribution is 2.31. The quantitative estimate of drug-likeness (QED) is 0.0952. The molecule has 142 valence electrons. The van der Waals surface area contributed by atoms with Gasteiger partial charge in [0.05, 0.1) is 22.2 Å². The number of carbonyl (C=O) groups excluding carboxylic acids is 2. The Kier molecular flexibility index (Phi) is 6.62. The van der Waals surface area contributed by atoms with E-state index in [1.165, 1.54) is 6.92 Å². The summed E-state index contributed by atoms with van der Waals surface area (Å²) in [6, 6.07) is 2.88. The van der Waals surface area contributed by atoms with Gasteiger partial charge in [-0.05, 0) is 31.2 Å². The molecular formula is C18H10Cl2F4O3. The summed E-state index contributed by atoms with van der Waals surface area (Å²) in [7, 11) is 0. The van der Waals surface area contributed by atoms with Gasteiger partial charge in [0.25, 0.3) is 0 Å². The van der Waals surface area contributed by atoms with E-state index in [0.717, 1.165) is 18.2 Å². The summed E-state index contributed by atoms with van der Waals surface area (Å²) < 4.78 is 59.6. The van der Waals surface area contributed by atoms with Gasteiger partial charge in [0.15, 0.2) is 5.82 Å². The van der Waals surface area contributed by atoms with Crippen LogP contribution in [-0.2, 0) is 9.53 Å². The molecule has 0 aliphatic carbocycles. The molecule has 3 nitrogen and oxygen atoms in total. The third kappa shape index (κ3) is 4.48. The lowest BCUT2D eigenvalue weighted by molar-refractivity contribution is -0.137. The number of hydrogen-bond donors (Lipinski definition) is 0. The van der Waals surface area contributed by atoms with Crippen LogP contribution < -0.4 is 0 Å². The Bertz CT molecular complexity index is 958. The Morgan fingerprint density at radius 1 is 1.07 bits per heavy atom. The maximum absolute atomic E-state index is 14.2. The van der Waals surface area contributed by atoms with E-state index in [1.807, 2.05) is 0 Å². The molecule has 0 bridgehead atoms. The monoisotopic (exact) mass is 420 g/mol. The summed E-state index contributed by atoms with van der Waals surface area (Å²) in [4.78, 5) is 24.8. The lowest BCUT2D eigenvalue weighted by Gasteiger charge is -2.10. The van der Waals surface area contributed by atoms with Crippen molar-refractivity contribution in [1.82, 2.24) is 0 Å². The van der Waals surface area contributed by atoms with Crippen LogP contribution in [-0.4, -0.2) is 18.4 Å². The Morgan fingerprint density at radius 2 is 1.74 bits per heavy atom. The number of halogens is 6. The first-order valence-corrected chi connectivity index (χ1v) is 8.14. The van der Waals surface area contributed by atoms with E-state index in [1.54, 1.807) is 0 Å². The van der Waals surface area contributed by atoms with E-state index in [4.69, 9.17) is 27.9 Å². The molecule has 0 atom stereocenters. The van der Waals surface area contributed by atoms with Crippen LogP contribution in [0.5, 0.6) is 0 Å². The minimum absolute atomic E-state index is 0.152. The molecule has 0 fully saturated rings. The van der Waals surface area contributed by atoms with Crippen molar-refractivity contribution in [3.05, 3.63) is 74.3 Å². The van der Waals surface area contributed by atoms with Crippen LogP contribution in [0.25, 0.3) is 6.08 Å². The summed E-state index contributed by atoms with van der Waals surface area (Å²) in [5.41, 5.74) is -2.15. The first-order valence-electron chi connectivity index (χ1n) is 7.38. The van der Waals surface area contributed by atoms with Crippen LogP contribution in [0.3, 0.4) is 0 Å². The molecule has 0 heterocycles. The molecular weight excluding hydrogens is 411 g/mol. The summed E-state index contributed by atoms with van der Waals surface area (Å²) in [6.45, 7) is 1.29. The van der Waals surface area contributed by atoms with E-state index in [2.05, 4.69) is 0 Å². The van der Waals surface area contributed by atoms with Gasteiger partial charge in [-0.2, -0.15) is 0 Å². The Balaban J connectivity index is 2.65. The van der Waals surface area contributed by atoms with Crippen LogP contribution in [0.4, 0.5) is 17.6 Å².